The molecule has 9 aromatic rings. The number of esters is 12. The average molecular weight is 2100 g/mol. The standard InChI is InChI=1S/C39H44O10.C36H33BrO14.C35H34O13/c1-4-36(40)46-26-12-8-6-10-24-44-32-17-14-30(15-18-32)38(42)49-35-23-16-31(28-29(35)3)39(43)48-34-21-19-33(20-22-34)45-25-11-7-9-13-27-47-37(41)5-2;1-3-31(38)44-19-5-7-21-46-35(42)50-27-14-10-25(11-15-27)48-33(40)24-9-18-29(30(37)23-24)34(41)49-26-12-16-28(17-13-26)51-36(43)47-22-8-6-20-45-32(39)4-2;1-3-32(37)45-21-17-41-15-19-43-28-9-5-25(6-10-28)34(39)47-30-13-14-31(27(23-30)24-36)48-35(40)26-7-11-29(12-8-26)44-20-16-42-18-22-46-33(38)4-2/h4-5,14-23,28H,1-2,6-13,24-27H2,3H3;3-4,9-18,23H,1-2,5-8,19-22H2;3-14,23-24H,1-2,15-22H2. The lowest BCUT2D eigenvalue weighted by Crippen LogP contribution is -2.13. The van der Waals surface area contributed by atoms with Gasteiger partial charge in [-0.15, -0.1) is 0 Å². The summed E-state index contributed by atoms with van der Waals surface area (Å²) < 4.78 is 115. The monoisotopic (exact) mass is 2100 g/mol. The van der Waals surface area contributed by atoms with E-state index in [-0.39, 0.29) is 146 Å². The first-order valence-corrected chi connectivity index (χ1v) is 47.0. The fourth-order valence-electron chi connectivity index (χ4n) is 11.8. The van der Waals surface area contributed by atoms with Gasteiger partial charge in [0.1, 0.15) is 95.4 Å². The van der Waals surface area contributed by atoms with Crippen LogP contribution in [-0.4, -0.2) is 196 Å². The first kappa shape index (κ1) is 118. The third-order valence-corrected chi connectivity index (χ3v) is 20.0. The van der Waals surface area contributed by atoms with E-state index in [9.17, 15) is 71.9 Å². The molecular formula is C110H111BrO37. The molecule has 9 aromatic carbocycles. The molecule has 38 heteroatoms. The van der Waals surface area contributed by atoms with Gasteiger partial charge in [0.15, 0.2) is 6.29 Å². The number of ether oxygens (including phenoxy) is 22. The minimum Gasteiger partial charge on any atom is -0.494 e. The van der Waals surface area contributed by atoms with Crippen molar-refractivity contribution in [3.05, 3.63) is 325 Å². The molecule has 0 saturated carbocycles. The van der Waals surface area contributed by atoms with Gasteiger partial charge in [0.25, 0.3) is 0 Å². The van der Waals surface area contributed by atoms with Crippen molar-refractivity contribution in [3.63, 3.8) is 0 Å². The van der Waals surface area contributed by atoms with Crippen molar-refractivity contribution in [1.29, 1.82) is 0 Å². The Balaban J connectivity index is 0.000000301. The Kier molecular flexibility index (Phi) is 54.3. The Bertz CT molecular complexity index is 5910. The van der Waals surface area contributed by atoms with E-state index >= 15 is 0 Å². The number of benzene rings is 9. The minimum absolute atomic E-state index is 0.00213. The zero-order valence-corrected chi connectivity index (χ0v) is 82.7. The number of carbonyl (C=O) groups excluding carboxylic acids is 15. The highest BCUT2D eigenvalue weighted by atomic mass is 79.9. The number of hydrogen-bond donors (Lipinski definition) is 0. The summed E-state index contributed by atoms with van der Waals surface area (Å²) in [6.07, 6.45) is 14.1. The molecule has 0 radical (unpaired) electrons. The number of hydrogen-bond acceptors (Lipinski definition) is 37. The summed E-state index contributed by atoms with van der Waals surface area (Å²) in [7, 11) is 0. The lowest BCUT2D eigenvalue weighted by Gasteiger charge is -2.11. The second kappa shape index (κ2) is 68.2. The summed E-state index contributed by atoms with van der Waals surface area (Å²) in [6, 6.07) is 50.1. The number of rotatable bonds is 61. The number of unbranched alkanes of at least 4 members (excludes halogenated alkanes) is 8. The molecular weight excluding hydrogens is 1990 g/mol. The SMILES string of the molecule is C=CC(=O)OCCCCCCOc1ccc(OC(=O)c2ccc(OC(=O)c3ccc(OCCCCCCOC(=O)C=C)cc3)c(C)c2)cc1.C=CC(=O)OCCCCOC(=O)Oc1ccc(OC(=O)c2ccc(C(=O)Oc3ccc(OC(=O)OCCCCOC(=O)C=C)cc3)c(Br)c2)cc1.C=CC(=O)OCCOCCOc1ccc(C(=O)Oc2ccc(OC(=O)c3ccc(OCCOCCOC(=O)C=C)cc3)c(C=O)c2)cc1. The highest BCUT2D eigenvalue weighted by Gasteiger charge is 2.22. The van der Waals surface area contributed by atoms with Gasteiger partial charge in [0.2, 0.25) is 0 Å². The Morgan fingerprint density at radius 1 is 0.236 bits per heavy atom. The molecule has 0 atom stereocenters. The second-order valence-electron chi connectivity index (χ2n) is 30.3. The summed E-state index contributed by atoms with van der Waals surface area (Å²) in [5.41, 5.74) is 1.97. The lowest BCUT2D eigenvalue weighted by atomic mass is 10.1. The molecule has 0 aromatic heterocycles. The number of halogens is 1. The summed E-state index contributed by atoms with van der Waals surface area (Å²) in [6.45, 7) is 25.6. The van der Waals surface area contributed by atoms with Gasteiger partial charge in [-0.05, 0) is 306 Å². The van der Waals surface area contributed by atoms with E-state index in [1.54, 1.807) is 97.9 Å². The van der Waals surface area contributed by atoms with Crippen molar-refractivity contribution in [1.82, 2.24) is 0 Å². The van der Waals surface area contributed by atoms with Gasteiger partial charge in [0.05, 0.1) is 118 Å². The van der Waals surface area contributed by atoms with Gasteiger partial charge in [-0.1, -0.05) is 39.5 Å². The van der Waals surface area contributed by atoms with Crippen molar-refractivity contribution >= 4 is 106 Å². The molecule has 148 heavy (non-hydrogen) atoms. The molecule has 0 bridgehead atoms. The molecule has 9 rings (SSSR count). The molecule has 0 unspecified atom stereocenters. The number of aryl methyl sites for hydroxylation is 1. The molecule has 0 fully saturated rings. The minimum atomic E-state index is -0.926. The van der Waals surface area contributed by atoms with Crippen molar-refractivity contribution in [2.75, 3.05) is 106 Å². The van der Waals surface area contributed by atoms with Gasteiger partial charge in [-0.3, -0.25) is 4.79 Å². The Labute approximate surface area is 861 Å². The molecule has 0 aliphatic rings. The van der Waals surface area contributed by atoms with E-state index in [1.807, 2.05) is 0 Å². The van der Waals surface area contributed by atoms with E-state index in [2.05, 4.69) is 55.4 Å². The molecule has 0 aliphatic carbocycles. The van der Waals surface area contributed by atoms with Crippen LogP contribution in [0, 0.1) is 6.92 Å². The molecule has 0 spiro atoms. The smallest absolute Gasteiger partial charge is 0.494 e. The quantitative estimate of drug-likeness (QED) is 0.00650. The fraction of sp³-hybridized carbons (Fsp3) is 0.264. The predicted molar refractivity (Wildman–Crippen MR) is 535 cm³/mol. The van der Waals surface area contributed by atoms with Gasteiger partial charge >= 0.3 is 83.9 Å². The summed E-state index contributed by atoms with van der Waals surface area (Å²) in [4.78, 5) is 178. The third kappa shape index (κ3) is 46.9. The van der Waals surface area contributed by atoms with Crippen LogP contribution in [0.2, 0.25) is 0 Å². The first-order chi connectivity index (χ1) is 71.7. The van der Waals surface area contributed by atoms with Crippen molar-refractivity contribution < 1.29 is 176 Å². The van der Waals surface area contributed by atoms with Crippen molar-refractivity contribution in [2.45, 2.75) is 84.0 Å². The number of aldehydes is 1. The van der Waals surface area contributed by atoms with Gasteiger partial charge < -0.3 is 104 Å². The maximum Gasteiger partial charge on any atom is 0.513 e. The average Bonchev–Trinajstić information content (AvgIpc) is 0.773. The summed E-state index contributed by atoms with van der Waals surface area (Å²) >= 11 is 3.28. The van der Waals surface area contributed by atoms with E-state index in [1.165, 1.54) is 109 Å². The second-order valence-corrected chi connectivity index (χ2v) is 31.2. The Morgan fingerprint density at radius 3 is 0.851 bits per heavy atom. The molecule has 780 valence electrons. The molecule has 0 aliphatic heterocycles. The topological polar surface area (TPSA) is 459 Å². The van der Waals surface area contributed by atoms with E-state index in [0.29, 0.717) is 110 Å². The highest BCUT2D eigenvalue weighted by molar-refractivity contribution is 9.10. The molecule has 37 nitrogen and oxygen atoms in total. The van der Waals surface area contributed by atoms with Crippen LogP contribution in [0.15, 0.2) is 281 Å². The van der Waals surface area contributed by atoms with Crippen LogP contribution in [0.25, 0.3) is 0 Å². The first-order valence-electron chi connectivity index (χ1n) is 46.2. The highest BCUT2D eigenvalue weighted by Crippen LogP contribution is 2.31. The van der Waals surface area contributed by atoms with Gasteiger partial charge in [-0.25, -0.2) is 67.1 Å². The van der Waals surface area contributed by atoms with Crippen LogP contribution in [0.1, 0.15) is 155 Å². The van der Waals surface area contributed by atoms with Crippen molar-refractivity contribution in [3.8, 4) is 69.0 Å². The van der Waals surface area contributed by atoms with Crippen LogP contribution in [0.5, 0.6) is 69.0 Å². The van der Waals surface area contributed by atoms with Crippen LogP contribution >= 0.6 is 15.9 Å². The normalized spacial score (nSPS) is 10.3. The molecule has 0 heterocycles. The maximum atomic E-state index is 12.8. The van der Waals surface area contributed by atoms with Crippen LogP contribution < -0.4 is 56.8 Å². The fourth-order valence-corrected chi connectivity index (χ4v) is 12.4. The lowest BCUT2D eigenvalue weighted by molar-refractivity contribution is -0.140. The van der Waals surface area contributed by atoms with Crippen LogP contribution in [-0.2, 0) is 76.1 Å². The summed E-state index contributed by atoms with van der Waals surface area (Å²) in [5.74, 6) is -3.13. The van der Waals surface area contributed by atoms with Gasteiger partial charge in [-0.2, -0.15) is 0 Å². The Hall–Kier alpha value is -17.1. The maximum absolute atomic E-state index is 12.8. The zero-order chi connectivity index (χ0) is 107. The third-order valence-electron chi connectivity index (χ3n) is 19.4. The van der Waals surface area contributed by atoms with E-state index < -0.39 is 83.9 Å². The largest absolute Gasteiger partial charge is 0.513 e. The van der Waals surface area contributed by atoms with Crippen LogP contribution in [0.4, 0.5) is 9.59 Å². The van der Waals surface area contributed by atoms with Crippen molar-refractivity contribution in [2.24, 2.45) is 0 Å². The zero-order valence-electron chi connectivity index (χ0n) is 81.1. The molecule has 0 N–H and O–H groups in total. The van der Waals surface area contributed by atoms with E-state index in [4.69, 9.17) is 104 Å². The number of carbonyl (C=O) groups is 15. The predicted octanol–water partition coefficient (Wildman–Crippen LogP) is 18.9. The van der Waals surface area contributed by atoms with Gasteiger partial charge in [0, 0.05) is 40.9 Å². The van der Waals surface area contributed by atoms with E-state index in [0.717, 1.165) is 87.8 Å². The Morgan fingerprint density at radius 2 is 0.493 bits per heavy atom. The summed E-state index contributed by atoms with van der Waals surface area (Å²) in [5, 5.41) is 0. The van der Waals surface area contributed by atoms with Crippen LogP contribution in [0.3, 0.4) is 0 Å². The molecule has 0 saturated heterocycles. The molecule has 0 amide bonds.